The Morgan fingerprint density at radius 3 is 2.86 bits per heavy atom. The maximum atomic E-state index is 12.7. The van der Waals surface area contributed by atoms with E-state index in [4.69, 9.17) is 0 Å². The summed E-state index contributed by atoms with van der Waals surface area (Å²) in [4.78, 5) is 16.6. The zero-order valence-electron chi connectivity index (χ0n) is 13.4. The molecule has 0 saturated carbocycles. The Morgan fingerprint density at radius 1 is 1.50 bits per heavy atom. The largest absolute Gasteiger partial charge is 0.333 e. The van der Waals surface area contributed by atoms with E-state index in [1.807, 2.05) is 22.7 Å². The summed E-state index contributed by atoms with van der Waals surface area (Å²) in [5.74, 6) is 0.518. The van der Waals surface area contributed by atoms with Crippen LogP contribution in [-0.4, -0.2) is 46.3 Å². The van der Waals surface area contributed by atoms with Crippen molar-refractivity contribution in [2.75, 3.05) is 19.6 Å². The third-order valence-corrected chi connectivity index (χ3v) is 5.25. The van der Waals surface area contributed by atoms with Gasteiger partial charge in [-0.15, -0.1) is 23.7 Å². The Bertz CT molecular complexity index is 678. The summed E-state index contributed by atoms with van der Waals surface area (Å²) in [6.07, 6.45) is 0. The molecule has 22 heavy (non-hydrogen) atoms. The number of amides is 1. The Balaban J connectivity index is 0.00000176. The summed E-state index contributed by atoms with van der Waals surface area (Å²) >= 11 is 1.55. The van der Waals surface area contributed by atoms with Gasteiger partial charge in [-0.25, -0.2) is 0 Å². The number of thiophene rings is 1. The number of nitrogens with one attached hydrogen (secondary N) is 1. The minimum atomic E-state index is 0. The Kier molecular flexibility index (Phi) is 5.14. The van der Waals surface area contributed by atoms with E-state index in [0.717, 1.165) is 40.4 Å². The van der Waals surface area contributed by atoms with E-state index in [0.29, 0.717) is 5.92 Å². The average molecular weight is 343 g/mol. The first kappa shape index (κ1) is 17.2. The molecule has 0 aliphatic carbocycles. The van der Waals surface area contributed by atoms with E-state index >= 15 is 0 Å². The summed E-state index contributed by atoms with van der Waals surface area (Å²) in [5, 5.41) is 9.02. The maximum Gasteiger partial charge on any atom is 0.264 e. The van der Waals surface area contributed by atoms with E-state index in [9.17, 15) is 4.79 Å². The smallest absolute Gasteiger partial charge is 0.264 e. The van der Waals surface area contributed by atoms with Crippen LogP contribution in [0.1, 0.15) is 42.1 Å². The van der Waals surface area contributed by atoms with Gasteiger partial charge in [0.1, 0.15) is 4.83 Å². The van der Waals surface area contributed by atoms with E-state index in [2.05, 4.69) is 31.2 Å². The van der Waals surface area contributed by atoms with Gasteiger partial charge >= 0.3 is 0 Å². The van der Waals surface area contributed by atoms with E-state index < -0.39 is 0 Å². The van der Waals surface area contributed by atoms with Gasteiger partial charge in [-0.05, 0) is 18.9 Å². The summed E-state index contributed by atoms with van der Waals surface area (Å²) in [6, 6.07) is 2.28. The molecule has 0 bridgehead atoms. The molecule has 3 heterocycles. The van der Waals surface area contributed by atoms with Crippen LogP contribution >= 0.6 is 23.7 Å². The van der Waals surface area contributed by atoms with Gasteiger partial charge in [0.15, 0.2) is 0 Å². The molecule has 122 valence electrons. The standard InChI is InChI=1S/C15H22N4OS.ClH/c1-9(2)13-11-7-12(21-15(11)18(4)17-13)14(20)19-6-5-16-8-10(19)3;/h7,9-10,16H,5-6,8H2,1-4H3;1H. The van der Waals surface area contributed by atoms with Gasteiger partial charge < -0.3 is 10.2 Å². The third-order valence-electron chi connectivity index (χ3n) is 4.06. The first-order valence-corrected chi connectivity index (χ1v) is 8.28. The fourth-order valence-electron chi connectivity index (χ4n) is 2.88. The monoisotopic (exact) mass is 342 g/mol. The van der Waals surface area contributed by atoms with Crippen LogP contribution in [0, 0.1) is 0 Å². The number of aryl methyl sites for hydroxylation is 1. The summed E-state index contributed by atoms with van der Waals surface area (Å²) in [7, 11) is 1.95. The lowest BCUT2D eigenvalue weighted by Gasteiger charge is -2.33. The Hall–Kier alpha value is -1.11. The van der Waals surface area contributed by atoms with Crippen LogP contribution < -0.4 is 5.32 Å². The van der Waals surface area contributed by atoms with Crippen molar-refractivity contribution in [1.82, 2.24) is 20.0 Å². The zero-order chi connectivity index (χ0) is 15.1. The Morgan fingerprint density at radius 2 is 2.23 bits per heavy atom. The highest BCUT2D eigenvalue weighted by Gasteiger charge is 2.26. The first-order valence-electron chi connectivity index (χ1n) is 7.47. The van der Waals surface area contributed by atoms with Gasteiger partial charge in [0.25, 0.3) is 5.91 Å². The van der Waals surface area contributed by atoms with E-state index in [1.54, 1.807) is 11.3 Å². The second-order valence-corrected chi connectivity index (χ2v) is 7.08. The number of carbonyl (C=O) groups excluding carboxylic acids is 1. The molecule has 1 saturated heterocycles. The molecule has 7 heteroatoms. The SMILES string of the molecule is CC(C)c1nn(C)c2sc(C(=O)N3CCNCC3C)cc12.Cl. The van der Waals surface area contributed by atoms with Gasteiger partial charge in [0.2, 0.25) is 0 Å². The molecule has 0 spiro atoms. The van der Waals surface area contributed by atoms with E-state index in [-0.39, 0.29) is 24.4 Å². The second-order valence-electron chi connectivity index (χ2n) is 6.04. The van der Waals surface area contributed by atoms with Crippen molar-refractivity contribution in [2.24, 2.45) is 7.05 Å². The molecule has 1 amide bonds. The van der Waals surface area contributed by atoms with Crippen LogP contribution in [0.2, 0.25) is 0 Å². The van der Waals surface area contributed by atoms with Gasteiger partial charge in [0, 0.05) is 38.1 Å². The van der Waals surface area contributed by atoms with Crippen molar-refractivity contribution < 1.29 is 4.79 Å². The molecule has 1 aliphatic heterocycles. The van der Waals surface area contributed by atoms with Crippen molar-refractivity contribution >= 4 is 39.9 Å². The molecule has 2 aromatic rings. The lowest BCUT2D eigenvalue weighted by molar-refractivity contribution is 0.0661. The highest BCUT2D eigenvalue weighted by atomic mass is 35.5. The van der Waals surface area contributed by atoms with Gasteiger partial charge in [-0.1, -0.05) is 13.8 Å². The minimum Gasteiger partial charge on any atom is -0.333 e. The lowest BCUT2D eigenvalue weighted by atomic mass is 10.1. The lowest BCUT2D eigenvalue weighted by Crippen LogP contribution is -2.52. The molecule has 5 nitrogen and oxygen atoms in total. The molecule has 2 aromatic heterocycles. The third kappa shape index (κ3) is 2.87. The van der Waals surface area contributed by atoms with Crippen molar-refractivity contribution in [3.63, 3.8) is 0 Å². The number of fused-ring (bicyclic) bond motifs is 1. The number of aromatic nitrogens is 2. The van der Waals surface area contributed by atoms with E-state index in [1.165, 1.54) is 0 Å². The number of hydrogen-bond acceptors (Lipinski definition) is 4. The van der Waals surface area contributed by atoms with Crippen molar-refractivity contribution in [3.8, 4) is 0 Å². The van der Waals surface area contributed by atoms with Gasteiger partial charge in [-0.3, -0.25) is 9.48 Å². The first-order chi connectivity index (χ1) is 9.99. The number of piperazine rings is 1. The van der Waals surface area contributed by atoms with Crippen LogP contribution in [0.15, 0.2) is 6.07 Å². The summed E-state index contributed by atoms with van der Waals surface area (Å²) in [6.45, 7) is 8.90. The highest BCUT2D eigenvalue weighted by Crippen LogP contribution is 2.32. The van der Waals surface area contributed by atoms with Crippen molar-refractivity contribution in [1.29, 1.82) is 0 Å². The van der Waals surface area contributed by atoms with Crippen LogP contribution in [0.4, 0.5) is 0 Å². The van der Waals surface area contributed by atoms with Crippen LogP contribution in [0.3, 0.4) is 0 Å². The zero-order valence-corrected chi connectivity index (χ0v) is 15.1. The molecular weight excluding hydrogens is 320 g/mol. The fourth-order valence-corrected chi connectivity index (χ4v) is 3.92. The molecular formula is C15H23ClN4OS. The normalized spacial score (nSPS) is 18.8. The van der Waals surface area contributed by atoms with Gasteiger partial charge in [-0.2, -0.15) is 5.10 Å². The minimum absolute atomic E-state index is 0. The Labute approximate surface area is 141 Å². The van der Waals surface area contributed by atoms with Crippen molar-refractivity contribution in [2.45, 2.75) is 32.7 Å². The predicted octanol–water partition coefficient (Wildman–Crippen LogP) is 2.61. The molecule has 1 fully saturated rings. The summed E-state index contributed by atoms with van der Waals surface area (Å²) < 4.78 is 1.90. The maximum absolute atomic E-state index is 12.7. The number of nitrogens with zero attached hydrogens (tertiary/aromatic N) is 3. The van der Waals surface area contributed by atoms with Crippen LogP contribution in [0.25, 0.3) is 10.2 Å². The topological polar surface area (TPSA) is 50.2 Å². The number of halogens is 1. The number of carbonyl (C=O) groups is 1. The van der Waals surface area contributed by atoms with Crippen LogP contribution in [-0.2, 0) is 7.05 Å². The number of rotatable bonds is 2. The molecule has 1 unspecified atom stereocenters. The molecule has 1 aliphatic rings. The molecule has 0 radical (unpaired) electrons. The highest BCUT2D eigenvalue weighted by molar-refractivity contribution is 7.20. The van der Waals surface area contributed by atoms with Crippen molar-refractivity contribution in [3.05, 3.63) is 16.6 Å². The summed E-state index contributed by atoms with van der Waals surface area (Å²) in [5.41, 5.74) is 1.08. The molecule has 1 atom stereocenters. The van der Waals surface area contributed by atoms with Gasteiger partial charge in [0.05, 0.1) is 10.6 Å². The molecule has 1 N–H and O–H groups in total. The fraction of sp³-hybridized carbons (Fsp3) is 0.600. The van der Waals surface area contributed by atoms with Crippen LogP contribution in [0.5, 0.6) is 0 Å². The quantitative estimate of drug-likeness (QED) is 0.912. The average Bonchev–Trinajstić information content (AvgIpc) is 2.99. The number of hydrogen-bond donors (Lipinski definition) is 1. The molecule has 3 rings (SSSR count). The molecule has 0 aromatic carbocycles. The second kappa shape index (κ2) is 6.56. The predicted molar refractivity (Wildman–Crippen MR) is 93.3 cm³/mol.